The van der Waals surface area contributed by atoms with Crippen LogP contribution < -0.4 is 0 Å². The van der Waals surface area contributed by atoms with Crippen LogP contribution in [0.5, 0.6) is 5.75 Å². The Kier molecular flexibility index (Phi) is 2.30. The Morgan fingerprint density at radius 1 is 1.58 bits per heavy atom. The molecule has 0 amide bonds. The largest absolute Gasteiger partial charge is 0.507 e. The van der Waals surface area contributed by atoms with E-state index in [9.17, 15) is 4.79 Å². The van der Waals surface area contributed by atoms with Gasteiger partial charge in [0, 0.05) is 10.5 Å². The maximum Gasteiger partial charge on any atom is 0.150 e. The van der Waals surface area contributed by atoms with E-state index in [2.05, 4.69) is 10.0 Å². The topological polar surface area (TPSA) is 86.1 Å². The fourth-order valence-electron chi connectivity index (χ4n) is 0.742. The number of hydrogen-bond donors (Lipinski definition) is 1. The second-order valence-corrected chi connectivity index (χ2v) is 2.06. The molecule has 0 spiro atoms. The van der Waals surface area contributed by atoms with Crippen molar-refractivity contribution >= 4 is 12.0 Å². The molecule has 0 fully saturated rings. The Hall–Kier alpha value is -2.00. The van der Waals surface area contributed by atoms with E-state index in [0.29, 0.717) is 11.8 Å². The van der Waals surface area contributed by atoms with Gasteiger partial charge in [-0.05, 0) is 23.7 Å². The first kappa shape index (κ1) is 8.10. The van der Waals surface area contributed by atoms with Crippen LogP contribution >= 0.6 is 0 Å². The first-order chi connectivity index (χ1) is 5.77. The fraction of sp³-hybridized carbons (Fsp3) is 0. The van der Waals surface area contributed by atoms with Crippen LogP contribution in [0.4, 0.5) is 5.69 Å². The molecule has 0 heterocycles. The average Bonchev–Trinajstić information content (AvgIpc) is 2.09. The molecule has 0 aliphatic rings. The van der Waals surface area contributed by atoms with Crippen LogP contribution in [-0.2, 0) is 0 Å². The second kappa shape index (κ2) is 3.41. The van der Waals surface area contributed by atoms with Crippen LogP contribution in [0.3, 0.4) is 0 Å². The number of aromatic hydroxyl groups is 1. The van der Waals surface area contributed by atoms with Crippen LogP contribution in [0.25, 0.3) is 10.4 Å². The van der Waals surface area contributed by atoms with Gasteiger partial charge in [0.2, 0.25) is 0 Å². The molecule has 5 nitrogen and oxygen atoms in total. The monoisotopic (exact) mass is 163 g/mol. The number of aldehydes is 1. The number of nitrogens with zero attached hydrogens (tertiary/aromatic N) is 3. The van der Waals surface area contributed by atoms with E-state index in [1.807, 2.05) is 0 Å². The van der Waals surface area contributed by atoms with E-state index in [4.69, 9.17) is 10.6 Å². The van der Waals surface area contributed by atoms with Gasteiger partial charge in [0.05, 0.1) is 5.69 Å². The first-order valence-corrected chi connectivity index (χ1v) is 3.11. The summed E-state index contributed by atoms with van der Waals surface area (Å²) in [5, 5.41) is 12.3. The lowest BCUT2D eigenvalue weighted by molar-refractivity contribution is 0.112. The molecular weight excluding hydrogens is 158 g/mol. The number of benzene rings is 1. The smallest absolute Gasteiger partial charge is 0.150 e. The molecule has 0 radical (unpaired) electrons. The first-order valence-electron chi connectivity index (χ1n) is 3.11. The van der Waals surface area contributed by atoms with Crippen molar-refractivity contribution in [2.24, 2.45) is 5.11 Å². The van der Waals surface area contributed by atoms with E-state index in [-0.39, 0.29) is 11.4 Å². The van der Waals surface area contributed by atoms with Gasteiger partial charge in [-0.25, -0.2) is 0 Å². The molecule has 1 rings (SSSR count). The maximum absolute atomic E-state index is 10.3. The number of rotatable bonds is 2. The maximum atomic E-state index is 10.3. The third kappa shape index (κ3) is 1.53. The summed E-state index contributed by atoms with van der Waals surface area (Å²) in [6.07, 6.45) is 0.607. The lowest BCUT2D eigenvalue weighted by Gasteiger charge is -1.96. The summed E-state index contributed by atoms with van der Waals surface area (Å²) in [7, 11) is 0. The summed E-state index contributed by atoms with van der Waals surface area (Å²) in [6, 6.07) is 4.04. The number of carbonyl (C=O) groups excluding carboxylic acids is 1. The summed E-state index contributed by atoms with van der Waals surface area (Å²) in [4.78, 5) is 12.7. The molecule has 0 saturated heterocycles. The van der Waals surface area contributed by atoms with Crippen LogP contribution in [0.1, 0.15) is 10.4 Å². The number of hydrogen-bond acceptors (Lipinski definition) is 3. The van der Waals surface area contributed by atoms with E-state index in [1.54, 1.807) is 0 Å². The normalized spacial score (nSPS) is 8.67. The minimum Gasteiger partial charge on any atom is -0.507 e. The molecule has 0 aliphatic heterocycles. The van der Waals surface area contributed by atoms with E-state index in [0.717, 1.165) is 0 Å². The van der Waals surface area contributed by atoms with Gasteiger partial charge in [-0.15, -0.1) is 0 Å². The number of phenols is 1. The Balaban J connectivity index is 3.25. The minimum atomic E-state index is -0.140. The molecule has 1 N–H and O–H groups in total. The SMILES string of the molecule is [N-]=[N+]=Nc1cc(C=O)ccc1O. The predicted molar refractivity (Wildman–Crippen MR) is 42.3 cm³/mol. The summed E-state index contributed by atoms with van der Waals surface area (Å²) < 4.78 is 0. The Morgan fingerprint density at radius 3 is 2.92 bits per heavy atom. The van der Waals surface area contributed by atoms with Gasteiger partial charge in [0.15, 0.2) is 0 Å². The molecule has 1 aromatic carbocycles. The molecular formula is C7H5N3O2. The van der Waals surface area contributed by atoms with Gasteiger partial charge in [-0.2, -0.15) is 0 Å². The highest BCUT2D eigenvalue weighted by Gasteiger charge is 1.98. The average molecular weight is 163 g/mol. The van der Waals surface area contributed by atoms with Crippen molar-refractivity contribution in [3.63, 3.8) is 0 Å². The van der Waals surface area contributed by atoms with Crippen LogP contribution in [0.15, 0.2) is 23.3 Å². The molecule has 12 heavy (non-hydrogen) atoms. The quantitative estimate of drug-likeness (QED) is 0.313. The third-order valence-electron chi connectivity index (χ3n) is 1.29. The summed E-state index contributed by atoms with van der Waals surface area (Å²) in [5.74, 6) is -0.140. The highest BCUT2D eigenvalue weighted by atomic mass is 16.3. The highest BCUT2D eigenvalue weighted by Crippen LogP contribution is 2.26. The molecule has 60 valence electrons. The molecule has 1 aromatic rings. The molecule has 0 unspecified atom stereocenters. The number of phenolic OH excluding ortho intramolecular Hbond substituents is 1. The van der Waals surface area contributed by atoms with Gasteiger partial charge in [-0.3, -0.25) is 4.79 Å². The number of azide groups is 1. The Bertz CT molecular complexity index is 356. The van der Waals surface area contributed by atoms with Crippen molar-refractivity contribution in [3.8, 4) is 5.75 Å². The van der Waals surface area contributed by atoms with Crippen molar-refractivity contribution in [2.75, 3.05) is 0 Å². The predicted octanol–water partition coefficient (Wildman–Crippen LogP) is 2.15. The van der Waals surface area contributed by atoms with Crippen LogP contribution in [0.2, 0.25) is 0 Å². The second-order valence-electron chi connectivity index (χ2n) is 2.06. The standard InChI is InChI=1S/C7H5N3O2/c8-10-9-6-3-5(4-11)1-2-7(6)12/h1-4,12H. The van der Waals surface area contributed by atoms with Gasteiger partial charge < -0.3 is 5.11 Å². The zero-order valence-electron chi connectivity index (χ0n) is 6.01. The van der Waals surface area contributed by atoms with E-state index in [1.165, 1.54) is 18.2 Å². The zero-order valence-corrected chi connectivity index (χ0v) is 6.01. The molecule has 0 aromatic heterocycles. The van der Waals surface area contributed by atoms with Crippen molar-refractivity contribution in [3.05, 3.63) is 34.2 Å². The van der Waals surface area contributed by atoms with Gasteiger partial charge >= 0.3 is 0 Å². The van der Waals surface area contributed by atoms with Crippen molar-refractivity contribution in [1.82, 2.24) is 0 Å². The van der Waals surface area contributed by atoms with Crippen molar-refractivity contribution < 1.29 is 9.90 Å². The van der Waals surface area contributed by atoms with Gasteiger partial charge in [0.25, 0.3) is 0 Å². The van der Waals surface area contributed by atoms with Crippen LogP contribution in [-0.4, -0.2) is 11.4 Å². The molecule has 0 atom stereocenters. The minimum absolute atomic E-state index is 0.0575. The summed E-state index contributed by atoms with van der Waals surface area (Å²) in [5.41, 5.74) is 8.48. The summed E-state index contributed by atoms with van der Waals surface area (Å²) >= 11 is 0. The van der Waals surface area contributed by atoms with Crippen molar-refractivity contribution in [2.45, 2.75) is 0 Å². The van der Waals surface area contributed by atoms with Crippen LogP contribution in [0, 0.1) is 0 Å². The lowest BCUT2D eigenvalue weighted by atomic mass is 10.2. The molecule has 0 bridgehead atoms. The van der Waals surface area contributed by atoms with Gasteiger partial charge in [-0.1, -0.05) is 5.11 Å². The molecule has 5 heteroatoms. The third-order valence-corrected chi connectivity index (χ3v) is 1.29. The Labute approximate surface area is 67.9 Å². The Morgan fingerprint density at radius 2 is 2.33 bits per heavy atom. The lowest BCUT2D eigenvalue weighted by Crippen LogP contribution is -1.77. The highest BCUT2D eigenvalue weighted by molar-refractivity contribution is 5.77. The van der Waals surface area contributed by atoms with Crippen molar-refractivity contribution in [1.29, 1.82) is 0 Å². The summed E-state index contributed by atoms with van der Waals surface area (Å²) in [6.45, 7) is 0. The molecule has 0 saturated carbocycles. The van der Waals surface area contributed by atoms with E-state index < -0.39 is 0 Å². The molecule has 0 aliphatic carbocycles. The number of carbonyl (C=O) groups is 1. The van der Waals surface area contributed by atoms with E-state index >= 15 is 0 Å². The fourth-order valence-corrected chi connectivity index (χ4v) is 0.742. The van der Waals surface area contributed by atoms with Gasteiger partial charge in [0.1, 0.15) is 12.0 Å². The zero-order chi connectivity index (χ0) is 8.97.